The summed E-state index contributed by atoms with van der Waals surface area (Å²) in [4.78, 5) is 38.4. The summed E-state index contributed by atoms with van der Waals surface area (Å²) in [6.45, 7) is 2.08. The Labute approximate surface area is 165 Å². The van der Waals surface area contributed by atoms with Crippen LogP contribution < -0.4 is 4.90 Å². The number of hydrogen-bond acceptors (Lipinski definition) is 6. The third-order valence-corrected chi connectivity index (χ3v) is 5.78. The molecule has 1 atom stereocenters. The van der Waals surface area contributed by atoms with Crippen molar-refractivity contribution in [1.29, 1.82) is 0 Å². The summed E-state index contributed by atoms with van der Waals surface area (Å²) in [6.07, 6.45) is 3.31. The number of nitrogens with zero attached hydrogens (tertiary/aromatic N) is 2. The fraction of sp³-hybridized carbons (Fsp3) is 0.333. The third-order valence-electron chi connectivity index (χ3n) is 4.45. The van der Waals surface area contributed by atoms with Crippen LogP contribution in [0.5, 0.6) is 0 Å². The molecule has 142 valence electrons. The molecule has 0 aromatic heterocycles. The van der Waals surface area contributed by atoms with E-state index < -0.39 is 30.3 Å². The van der Waals surface area contributed by atoms with E-state index in [1.54, 1.807) is 6.08 Å². The van der Waals surface area contributed by atoms with Crippen LogP contribution >= 0.6 is 24.0 Å². The highest BCUT2D eigenvalue weighted by atomic mass is 32.2. The Hall–Kier alpha value is -2.39. The van der Waals surface area contributed by atoms with Crippen LogP contribution in [0.3, 0.4) is 0 Å². The van der Waals surface area contributed by atoms with E-state index in [4.69, 9.17) is 17.3 Å². The number of rotatable bonds is 6. The van der Waals surface area contributed by atoms with Crippen LogP contribution in [0.25, 0.3) is 6.08 Å². The maximum Gasteiger partial charge on any atom is 0.327 e. The van der Waals surface area contributed by atoms with Crippen molar-refractivity contribution in [3.8, 4) is 0 Å². The van der Waals surface area contributed by atoms with Crippen molar-refractivity contribution in [3.05, 3.63) is 34.7 Å². The molecule has 0 spiro atoms. The average molecular weight is 406 g/mol. The van der Waals surface area contributed by atoms with Crippen molar-refractivity contribution in [1.82, 2.24) is 4.90 Å². The van der Waals surface area contributed by atoms with Crippen LogP contribution in [0, 0.1) is 0 Å². The lowest BCUT2D eigenvalue weighted by molar-refractivity contribution is -0.150. The molecular weight excluding hydrogens is 388 g/mol. The summed E-state index contributed by atoms with van der Waals surface area (Å²) in [5, 5.41) is 18.2. The number of thiocarbonyl (C=S) groups is 1. The van der Waals surface area contributed by atoms with Crippen molar-refractivity contribution in [2.45, 2.75) is 25.3 Å². The number of carbonyl (C=O) groups excluding carboxylic acids is 1. The van der Waals surface area contributed by atoms with Crippen LogP contribution in [0.4, 0.5) is 5.69 Å². The molecular formula is C18H18N2O5S2. The van der Waals surface area contributed by atoms with Gasteiger partial charge in [-0.1, -0.05) is 36.1 Å². The lowest BCUT2D eigenvalue weighted by atomic mass is 10.1. The Morgan fingerprint density at radius 3 is 2.37 bits per heavy atom. The standard InChI is InChI=1S/C18H18N2O5S2/c21-15(22)10-13(17(24)25)20-16(23)14(27-18(20)26)9-11-3-5-12(6-4-11)19-7-1-2-8-19/h3-6,9,13H,1-2,7-8,10H2,(H,21,22)(H,24,25). The second kappa shape index (κ2) is 8.10. The highest BCUT2D eigenvalue weighted by molar-refractivity contribution is 8.26. The molecule has 2 N–H and O–H groups in total. The maximum absolute atomic E-state index is 12.6. The summed E-state index contributed by atoms with van der Waals surface area (Å²) in [5.74, 6) is -3.29. The van der Waals surface area contributed by atoms with Gasteiger partial charge in [-0.2, -0.15) is 0 Å². The van der Waals surface area contributed by atoms with E-state index in [0.29, 0.717) is 0 Å². The zero-order valence-corrected chi connectivity index (χ0v) is 16.0. The Balaban J connectivity index is 1.79. The Kier molecular flexibility index (Phi) is 5.81. The van der Waals surface area contributed by atoms with Gasteiger partial charge in [0, 0.05) is 18.8 Å². The van der Waals surface area contributed by atoms with Gasteiger partial charge in [-0.3, -0.25) is 14.5 Å². The molecule has 27 heavy (non-hydrogen) atoms. The second-order valence-electron chi connectivity index (χ2n) is 6.29. The van der Waals surface area contributed by atoms with Crippen LogP contribution in [-0.4, -0.2) is 56.4 Å². The summed E-state index contributed by atoms with van der Waals surface area (Å²) < 4.78 is 0.0496. The average Bonchev–Trinajstić information content (AvgIpc) is 3.23. The first-order valence-electron chi connectivity index (χ1n) is 8.43. The quantitative estimate of drug-likeness (QED) is 0.549. The number of aliphatic carboxylic acids is 2. The molecule has 7 nitrogen and oxygen atoms in total. The van der Waals surface area contributed by atoms with Crippen molar-refractivity contribution in [2.24, 2.45) is 0 Å². The number of hydrogen-bond donors (Lipinski definition) is 2. The van der Waals surface area contributed by atoms with Crippen LogP contribution in [0.2, 0.25) is 0 Å². The second-order valence-corrected chi connectivity index (χ2v) is 7.97. The van der Waals surface area contributed by atoms with Gasteiger partial charge in [-0.25, -0.2) is 4.79 Å². The van der Waals surface area contributed by atoms with Crippen LogP contribution in [-0.2, 0) is 14.4 Å². The molecule has 1 unspecified atom stereocenters. The molecule has 3 rings (SSSR count). The normalized spacial score (nSPS) is 19.8. The smallest absolute Gasteiger partial charge is 0.327 e. The molecule has 0 saturated carbocycles. The summed E-state index contributed by atoms with van der Waals surface area (Å²) in [5.41, 5.74) is 1.92. The molecule has 2 aliphatic heterocycles. The molecule has 0 aliphatic carbocycles. The zero-order valence-electron chi connectivity index (χ0n) is 14.3. The molecule has 2 fully saturated rings. The maximum atomic E-state index is 12.6. The molecule has 2 heterocycles. The topological polar surface area (TPSA) is 98.1 Å². The predicted octanol–water partition coefficient (Wildman–Crippen LogP) is 2.42. The van der Waals surface area contributed by atoms with Gasteiger partial charge in [0.1, 0.15) is 10.4 Å². The van der Waals surface area contributed by atoms with E-state index >= 15 is 0 Å². The largest absolute Gasteiger partial charge is 0.481 e. The van der Waals surface area contributed by atoms with Crippen molar-refractivity contribution in [3.63, 3.8) is 0 Å². The molecule has 0 radical (unpaired) electrons. The van der Waals surface area contributed by atoms with E-state index in [-0.39, 0.29) is 9.23 Å². The van der Waals surface area contributed by atoms with Gasteiger partial charge in [-0.15, -0.1) is 0 Å². The van der Waals surface area contributed by atoms with Gasteiger partial charge in [0.2, 0.25) is 0 Å². The van der Waals surface area contributed by atoms with Crippen LogP contribution in [0.1, 0.15) is 24.8 Å². The van der Waals surface area contributed by atoms with E-state index in [9.17, 15) is 19.5 Å². The van der Waals surface area contributed by atoms with Crippen molar-refractivity contribution < 1.29 is 24.6 Å². The summed E-state index contributed by atoms with van der Waals surface area (Å²) in [6, 6.07) is 6.25. The lowest BCUT2D eigenvalue weighted by Gasteiger charge is -2.21. The van der Waals surface area contributed by atoms with Gasteiger partial charge in [0.05, 0.1) is 11.3 Å². The Morgan fingerprint density at radius 2 is 1.81 bits per heavy atom. The van der Waals surface area contributed by atoms with E-state index in [2.05, 4.69) is 4.90 Å². The van der Waals surface area contributed by atoms with E-state index in [1.807, 2.05) is 24.3 Å². The monoisotopic (exact) mass is 406 g/mol. The highest BCUT2D eigenvalue weighted by Gasteiger charge is 2.41. The Morgan fingerprint density at radius 1 is 1.19 bits per heavy atom. The number of anilines is 1. The number of carboxylic acids is 2. The first-order valence-corrected chi connectivity index (χ1v) is 9.66. The number of thioether (sulfide) groups is 1. The third kappa shape index (κ3) is 4.30. The first kappa shape index (κ1) is 19.4. The number of amides is 1. The van der Waals surface area contributed by atoms with Gasteiger partial charge in [-0.05, 0) is 36.6 Å². The lowest BCUT2D eigenvalue weighted by Crippen LogP contribution is -2.45. The van der Waals surface area contributed by atoms with Gasteiger partial charge in [0.15, 0.2) is 0 Å². The van der Waals surface area contributed by atoms with Crippen LogP contribution in [0.15, 0.2) is 29.2 Å². The summed E-state index contributed by atoms with van der Waals surface area (Å²) in [7, 11) is 0. The molecule has 2 aliphatic rings. The van der Waals surface area contributed by atoms with Crippen molar-refractivity contribution >= 4 is 57.9 Å². The molecule has 1 aromatic rings. The zero-order chi connectivity index (χ0) is 19.6. The van der Waals surface area contributed by atoms with E-state index in [0.717, 1.165) is 41.0 Å². The van der Waals surface area contributed by atoms with E-state index in [1.165, 1.54) is 12.8 Å². The molecule has 2 saturated heterocycles. The molecule has 1 aromatic carbocycles. The number of benzene rings is 1. The molecule has 1 amide bonds. The first-order chi connectivity index (χ1) is 12.9. The minimum atomic E-state index is -1.52. The number of carbonyl (C=O) groups is 3. The number of carboxylic acid groups (broad SMARTS) is 2. The predicted molar refractivity (Wildman–Crippen MR) is 107 cm³/mol. The fourth-order valence-electron chi connectivity index (χ4n) is 3.11. The SMILES string of the molecule is O=C(O)CC(C(=O)O)N1C(=O)C(=Cc2ccc(N3CCCC3)cc2)SC1=S. The summed E-state index contributed by atoms with van der Waals surface area (Å²) >= 11 is 6.10. The van der Waals surface area contributed by atoms with Gasteiger partial charge in [0.25, 0.3) is 5.91 Å². The minimum absolute atomic E-state index is 0.0496. The minimum Gasteiger partial charge on any atom is -0.481 e. The van der Waals surface area contributed by atoms with Gasteiger partial charge < -0.3 is 15.1 Å². The molecule has 0 bridgehead atoms. The molecule has 9 heteroatoms. The highest BCUT2D eigenvalue weighted by Crippen LogP contribution is 2.35. The Bertz CT molecular complexity index is 816. The fourth-order valence-corrected chi connectivity index (χ4v) is 4.47. The van der Waals surface area contributed by atoms with Gasteiger partial charge >= 0.3 is 11.9 Å². The van der Waals surface area contributed by atoms with Crippen molar-refractivity contribution in [2.75, 3.05) is 18.0 Å².